The van der Waals surface area contributed by atoms with E-state index in [1.54, 1.807) is 0 Å². The summed E-state index contributed by atoms with van der Waals surface area (Å²) in [5.74, 6) is 1.44. The topological polar surface area (TPSA) is 29.5 Å². The average molecular weight is 282 g/mol. The summed E-state index contributed by atoms with van der Waals surface area (Å²) >= 11 is 0. The summed E-state index contributed by atoms with van der Waals surface area (Å²) in [5.41, 5.74) is 4.81. The molecular weight excluding hydrogens is 260 g/mol. The Hall–Kier alpha value is -1.80. The van der Waals surface area contributed by atoms with Gasteiger partial charge in [-0.05, 0) is 53.1 Å². The van der Waals surface area contributed by atoms with Crippen LogP contribution in [0, 0.1) is 0 Å². The van der Waals surface area contributed by atoms with E-state index in [1.165, 1.54) is 16.7 Å². The number of aliphatic hydroxyl groups excluding tert-OH is 1. The molecule has 0 saturated carbocycles. The number of aryl methyl sites for hydroxylation is 1. The molecule has 0 unspecified atom stereocenters. The van der Waals surface area contributed by atoms with Gasteiger partial charge in [0, 0.05) is 0 Å². The Morgan fingerprint density at radius 3 is 2.62 bits per heavy atom. The van der Waals surface area contributed by atoms with Crippen molar-refractivity contribution in [3.63, 3.8) is 0 Å². The van der Waals surface area contributed by atoms with Crippen LogP contribution in [0.15, 0.2) is 42.5 Å². The van der Waals surface area contributed by atoms with Gasteiger partial charge in [-0.3, -0.25) is 0 Å². The first kappa shape index (κ1) is 14.2. The average Bonchev–Trinajstić information content (AvgIpc) is 2.86. The standard InChI is InChI=1S/C19H22O2/c1-13(2)15-5-3-14(4-6-15)12-21-17-8-9-18-16(11-17)7-10-19(18)20/h3-6,8-9,11,13,19-20H,7,10,12H2,1-2H3/t19-/m0/s1. The van der Waals surface area contributed by atoms with Crippen LogP contribution in [-0.2, 0) is 13.0 Å². The molecule has 2 nitrogen and oxygen atoms in total. The third-order valence-electron chi connectivity index (χ3n) is 4.21. The van der Waals surface area contributed by atoms with Crippen LogP contribution in [0.1, 0.15) is 54.5 Å². The molecule has 110 valence electrons. The fourth-order valence-electron chi connectivity index (χ4n) is 2.83. The van der Waals surface area contributed by atoms with E-state index in [0.29, 0.717) is 12.5 Å². The Morgan fingerprint density at radius 1 is 1.14 bits per heavy atom. The Balaban J connectivity index is 1.65. The lowest BCUT2D eigenvalue weighted by Gasteiger charge is -2.10. The molecule has 0 amide bonds. The molecule has 21 heavy (non-hydrogen) atoms. The largest absolute Gasteiger partial charge is 0.489 e. The second-order valence-electron chi connectivity index (χ2n) is 6.10. The summed E-state index contributed by atoms with van der Waals surface area (Å²) in [5, 5.41) is 9.81. The number of rotatable bonds is 4. The van der Waals surface area contributed by atoms with Gasteiger partial charge >= 0.3 is 0 Å². The molecular formula is C19H22O2. The van der Waals surface area contributed by atoms with E-state index in [4.69, 9.17) is 4.74 Å². The maximum Gasteiger partial charge on any atom is 0.120 e. The molecule has 2 aromatic carbocycles. The third kappa shape index (κ3) is 3.11. The molecule has 0 spiro atoms. The van der Waals surface area contributed by atoms with Crippen molar-refractivity contribution in [2.24, 2.45) is 0 Å². The highest BCUT2D eigenvalue weighted by molar-refractivity contribution is 5.40. The number of hydrogen-bond donors (Lipinski definition) is 1. The van der Waals surface area contributed by atoms with Crippen molar-refractivity contribution in [2.45, 2.75) is 45.3 Å². The zero-order valence-corrected chi connectivity index (χ0v) is 12.7. The molecule has 2 heteroatoms. The van der Waals surface area contributed by atoms with Crippen LogP contribution in [0.4, 0.5) is 0 Å². The lowest BCUT2D eigenvalue weighted by molar-refractivity contribution is 0.180. The van der Waals surface area contributed by atoms with Gasteiger partial charge in [0.15, 0.2) is 0 Å². The highest BCUT2D eigenvalue weighted by atomic mass is 16.5. The van der Waals surface area contributed by atoms with Crippen LogP contribution >= 0.6 is 0 Å². The highest BCUT2D eigenvalue weighted by Gasteiger charge is 2.20. The Morgan fingerprint density at radius 2 is 1.90 bits per heavy atom. The van der Waals surface area contributed by atoms with Crippen LogP contribution in [-0.4, -0.2) is 5.11 Å². The van der Waals surface area contributed by atoms with E-state index in [2.05, 4.69) is 44.2 Å². The molecule has 0 aliphatic heterocycles. The Bertz CT molecular complexity index is 614. The smallest absolute Gasteiger partial charge is 0.120 e. The lowest BCUT2D eigenvalue weighted by atomic mass is 10.0. The first-order valence-electron chi connectivity index (χ1n) is 7.66. The van der Waals surface area contributed by atoms with Gasteiger partial charge in [0.2, 0.25) is 0 Å². The quantitative estimate of drug-likeness (QED) is 0.902. The van der Waals surface area contributed by atoms with Gasteiger partial charge in [-0.1, -0.05) is 44.2 Å². The monoisotopic (exact) mass is 282 g/mol. The van der Waals surface area contributed by atoms with Crippen LogP contribution in [0.2, 0.25) is 0 Å². The van der Waals surface area contributed by atoms with E-state index in [9.17, 15) is 5.11 Å². The van der Waals surface area contributed by atoms with Crippen LogP contribution < -0.4 is 4.74 Å². The third-order valence-corrected chi connectivity index (χ3v) is 4.21. The van der Waals surface area contributed by atoms with E-state index in [0.717, 1.165) is 24.2 Å². The van der Waals surface area contributed by atoms with Crippen molar-refractivity contribution in [3.05, 3.63) is 64.7 Å². The molecule has 0 bridgehead atoms. The van der Waals surface area contributed by atoms with E-state index >= 15 is 0 Å². The van der Waals surface area contributed by atoms with Crippen molar-refractivity contribution in [1.29, 1.82) is 0 Å². The summed E-state index contributed by atoms with van der Waals surface area (Å²) in [4.78, 5) is 0. The molecule has 1 atom stereocenters. The molecule has 1 aliphatic carbocycles. The number of fused-ring (bicyclic) bond motifs is 1. The first-order chi connectivity index (χ1) is 10.1. The van der Waals surface area contributed by atoms with Gasteiger partial charge in [-0.2, -0.15) is 0 Å². The number of ether oxygens (including phenoxy) is 1. The second-order valence-corrected chi connectivity index (χ2v) is 6.10. The van der Waals surface area contributed by atoms with E-state index < -0.39 is 0 Å². The minimum atomic E-state index is -0.294. The van der Waals surface area contributed by atoms with E-state index in [-0.39, 0.29) is 6.10 Å². The van der Waals surface area contributed by atoms with Crippen LogP contribution in [0.5, 0.6) is 5.75 Å². The molecule has 0 aromatic heterocycles. The second kappa shape index (κ2) is 5.90. The molecule has 1 aliphatic rings. The molecule has 1 N–H and O–H groups in total. The summed E-state index contributed by atoms with van der Waals surface area (Å²) in [6.45, 7) is 4.98. The fourth-order valence-corrected chi connectivity index (χ4v) is 2.83. The van der Waals surface area contributed by atoms with Crippen LogP contribution in [0.3, 0.4) is 0 Å². The lowest BCUT2D eigenvalue weighted by Crippen LogP contribution is -1.97. The van der Waals surface area contributed by atoms with E-state index in [1.807, 2.05) is 12.1 Å². The van der Waals surface area contributed by atoms with Gasteiger partial charge in [0.1, 0.15) is 12.4 Å². The summed E-state index contributed by atoms with van der Waals surface area (Å²) in [6, 6.07) is 14.6. The maximum atomic E-state index is 9.81. The molecule has 0 fully saturated rings. The van der Waals surface area contributed by atoms with Crippen molar-refractivity contribution < 1.29 is 9.84 Å². The zero-order valence-electron chi connectivity index (χ0n) is 12.7. The number of benzene rings is 2. The predicted molar refractivity (Wildman–Crippen MR) is 84.6 cm³/mol. The predicted octanol–water partition coefficient (Wildman–Crippen LogP) is 4.37. The van der Waals surface area contributed by atoms with Crippen LogP contribution in [0.25, 0.3) is 0 Å². The molecule has 0 saturated heterocycles. The SMILES string of the molecule is CC(C)c1ccc(COc2ccc3c(c2)CC[C@@H]3O)cc1. The summed E-state index contributed by atoms with van der Waals surface area (Å²) in [7, 11) is 0. The first-order valence-corrected chi connectivity index (χ1v) is 7.66. The number of aliphatic hydroxyl groups is 1. The zero-order chi connectivity index (χ0) is 14.8. The van der Waals surface area contributed by atoms with Gasteiger partial charge in [0.05, 0.1) is 6.10 Å². The normalized spacial score (nSPS) is 17.0. The van der Waals surface area contributed by atoms with Gasteiger partial charge in [-0.15, -0.1) is 0 Å². The Labute approximate surface area is 126 Å². The molecule has 0 radical (unpaired) electrons. The minimum Gasteiger partial charge on any atom is -0.489 e. The minimum absolute atomic E-state index is 0.294. The highest BCUT2D eigenvalue weighted by Crippen LogP contribution is 2.33. The van der Waals surface area contributed by atoms with Crippen molar-refractivity contribution in [3.8, 4) is 5.75 Å². The summed E-state index contributed by atoms with van der Waals surface area (Å²) < 4.78 is 5.87. The Kier molecular flexibility index (Phi) is 3.98. The maximum absolute atomic E-state index is 9.81. The molecule has 3 rings (SSSR count). The summed E-state index contributed by atoms with van der Waals surface area (Å²) in [6.07, 6.45) is 1.48. The molecule has 0 heterocycles. The molecule has 2 aromatic rings. The van der Waals surface area contributed by atoms with Crippen molar-refractivity contribution >= 4 is 0 Å². The van der Waals surface area contributed by atoms with Gasteiger partial charge < -0.3 is 9.84 Å². The fraction of sp³-hybridized carbons (Fsp3) is 0.368. The van der Waals surface area contributed by atoms with Crippen molar-refractivity contribution in [2.75, 3.05) is 0 Å². The van der Waals surface area contributed by atoms with Gasteiger partial charge in [0.25, 0.3) is 0 Å². The number of hydrogen-bond acceptors (Lipinski definition) is 2. The van der Waals surface area contributed by atoms with Gasteiger partial charge in [-0.25, -0.2) is 0 Å². The van der Waals surface area contributed by atoms with Crippen molar-refractivity contribution in [1.82, 2.24) is 0 Å².